The average Bonchev–Trinajstić information content (AvgIpc) is 3.05. The van der Waals surface area contributed by atoms with E-state index in [0.717, 1.165) is 18.6 Å². The molecule has 5 nitrogen and oxygen atoms in total. The molecule has 0 spiro atoms. The molecule has 1 aromatic heterocycles. The Morgan fingerprint density at radius 1 is 1.67 bits per heavy atom. The number of fused-ring (bicyclic) bond motifs is 1. The smallest absolute Gasteiger partial charge is 0.354 e. The molecule has 0 aromatic carbocycles. The predicted octanol–water partition coefficient (Wildman–Crippen LogP) is 2.27. The second-order valence-electron chi connectivity index (χ2n) is 4.81. The van der Waals surface area contributed by atoms with E-state index in [2.05, 4.69) is 5.16 Å². The number of oxime groups is 1. The predicted molar refractivity (Wildman–Crippen MR) is 62.8 cm³/mol. The topological polar surface area (TPSA) is 61.0 Å². The first kappa shape index (κ1) is 11.3. The average molecular weight is 249 g/mol. The lowest BCUT2D eigenvalue weighted by Gasteiger charge is -2.24. The standard InChI is InChI=1S/C13H15NO4/c1-9-11-5-2-6-13(11,18-14-9)12(15)17-8-10-4-3-7-16-10/h3-4,7,11H,2,5-6,8H2,1H3. The summed E-state index contributed by atoms with van der Waals surface area (Å²) in [6, 6.07) is 3.54. The van der Waals surface area contributed by atoms with Gasteiger partial charge in [-0.1, -0.05) is 5.16 Å². The minimum Gasteiger partial charge on any atom is -0.466 e. The van der Waals surface area contributed by atoms with E-state index >= 15 is 0 Å². The Hall–Kier alpha value is -1.78. The van der Waals surface area contributed by atoms with Gasteiger partial charge in [-0.25, -0.2) is 4.79 Å². The van der Waals surface area contributed by atoms with Crippen molar-refractivity contribution in [3.63, 3.8) is 0 Å². The molecule has 3 rings (SSSR count). The first-order chi connectivity index (χ1) is 8.72. The Balaban J connectivity index is 1.69. The van der Waals surface area contributed by atoms with Crippen LogP contribution in [0.1, 0.15) is 31.9 Å². The van der Waals surface area contributed by atoms with Crippen molar-refractivity contribution >= 4 is 11.7 Å². The van der Waals surface area contributed by atoms with Gasteiger partial charge in [-0.05, 0) is 31.9 Å². The maximum absolute atomic E-state index is 12.2. The molecule has 0 saturated heterocycles. The van der Waals surface area contributed by atoms with Gasteiger partial charge in [-0.15, -0.1) is 0 Å². The van der Waals surface area contributed by atoms with Crippen LogP contribution in [0.25, 0.3) is 0 Å². The van der Waals surface area contributed by atoms with Gasteiger partial charge in [0.25, 0.3) is 0 Å². The molecule has 2 heterocycles. The number of esters is 1. The lowest BCUT2D eigenvalue weighted by atomic mass is 9.88. The van der Waals surface area contributed by atoms with Crippen LogP contribution < -0.4 is 0 Å². The van der Waals surface area contributed by atoms with Crippen molar-refractivity contribution in [3.05, 3.63) is 24.2 Å². The normalized spacial score (nSPS) is 29.6. The highest BCUT2D eigenvalue weighted by Gasteiger charge is 2.57. The summed E-state index contributed by atoms with van der Waals surface area (Å²) in [7, 11) is 0. The minimum absolute atomic E-state index is 0.0709. The number of hydrogen-bond donors (Lipinski definition) is 0. The van der Waals surface area contributed by atoms with E-state index in [9.17, 15) is 4.79 Å². The van der Waals surface area contributed by atoms with Crippen LogP contribution in [0.5, 0.6) is 0 Å². The van der Waals surface area contributed by atoms with Crippen molar-refractivity contribution in [2.45, 2.75) is 38.4 Å². The van der Waals surface area contributed by atoms with E-state index in [-0.39, 0.29) is 18.5 Å². The molecule has 1 aliphatic heterocycles. The molecule has 1 fully saturated rings. The molecule has 2 aliphatic rings. The molecular formula is C13H15NO4. The fourth-order valence-corrected chi connectivity index (χ4v) is 2.78. The summed E-state index contributed by atoms with van der Waals surface area (Å²) in [5.74, 6) is 0.369. The summed E-state index contributed by atoms with van der Waals surface area (Å²) in [5.41, 5.74) is 0.0129. The number of rotatable bonds is 3. The zero-order valence-electron chi connectivity index (χ0n) is 10.2. The van der Waals surface area contributed by atoms with Crippen LogP contribution in [0, 0.1) is 5.92 Å². The van der Waals surface area contributed by atoms with Crippen molar-refractivity contribution in [1.29, 1.82) is 0 Å². The monoisotopic (exact) mass is 249 g/mol. The third-order valence-corrected chi connectivity index (χ3v) is 3.73. The lowest BCUT2D eigenvalue weighted by Crippen LogP contribution is -2.43. The number of carbonyl (C=O) groups is 1. The first-order valence-corrected chi connectivity index (χ1v) is 6.15. The first-order valence-electron chi connectivity index (χ1n) is 6.15. The number of ether oxygens (including phenoxy) is 1. The molecule has 0 amide bonds. The Morgan fingerprint density at radius 2 is 2.56 bits per heavy atom. The van der Waals surface area contributed by atoms with Gasteiger partial charge in [0.2, 0.25) is 5.60 Å². The highest BCUT2D eigenvalue weighted by molar-refractivity contribution is 5.95. The highest BCUT2D eigenvalue weighted by Crippen LogP contribution is 2.44. The van der Waals surface area contributed by atoms with Crippen LogP contribution in [0.15, 0.2) is 28.0 Å². The molecule has 0 N–H and O–H groups in total. The zero-order chi connectivity index (χ0) is 12.6. The quantitative estimate of drug-likeness (QED) is 0.771. The highest BCUT2D eigenvalue weighted by atomic mass is 16.7. The van der Waals surface area contributed by atoms with Crippen LogP contribution in [0.3, 0.4) is 0 Å². The molecule has 1 aromatic rings. The second kappa shape index (κ2) is 4.15. The Labute approximate surface area is 105 Å². The molecule has 1 saturated carbocycles. The van der Waals surface area contributed by atoms with Crippen molar-refractivity contribution in [3.8, 4) is 0 Å². The number of nitrogens with zero attached hydrogens (tertiary/aromatic N) is 1. The van der Waals surface area contributed by atoms with E-state index in [1.165, 1.54) is 0 Å². The van der Waals surface area contributed by atoms with E-state index in [1.54, 1.807) is 18.4 Å². The lowest BCUT2D eigenvalue weighted by molar-refractivity contribution is -0.173. The molecule has 18 heavy (non-hydrogen) atoms. The third kappa shape index (κ3) is 1.62. The Bertz CT molecular complexity index is 479. The molecule has 0 radical (unpaired) electrons. The third-order valence-electron chi connectivity index (χ3n) is 3.73. The molecule has 96 valence electrons. The van der Waals surface area contributed by atoms with Gasteiger partial charge in [-0.2, -0.15) is 0 Å². The van der Waals surface area contributed by atoms with Gasteiger partial charge < -0.3 is 14.0 Å². The van der Waals surface area contributed by atoms with Crippen molar-refractivity contribution in [2.75, 3.05) is 0 Å². The van der Waals surface area contributed by atoms with Gasteiger partial charge in [0, 0.05) is 6.42 Å². The van der Waals surface area contributed by atoms with Gasteiger partial charge in [0.15, 0.2) is 0 Å². The number of carbonyl (C=O) groups excluding carboxylic acids is 1. The van der Waals surface area contributed by atoms with E-state index in [4.69, 9.17) is 14.0 Å². The van der Waals surface area contributed by atoms with Crippen molar-refractivity contribution in [1.82, 2.24) is 0 Å². The zero-order valence-corrected chi connectivity index (χ0v) is 10.2. The van der Waals surface area contributed by atoms with Crippen molar-refractivity contribution < 1.29 is 18.8 Å². The molecule has 5 heteroatoms. The molecule has 1 aliphatic carbocycles. The summed E-state index contributed by atoms with van der Waals surface area (Å²) in [6.45, 7) is 2.04. The summed E-state index contributed by atoms with van der Waals surface area (Å²) in [5, 5.41) is 3.95. The molecule has 2 unspecified atom stereocenters. The Morgan fingerprint density at radius 3 is 3.33 bits per heavy atom. The summed E-state index contributed by atoms with van der Waals surface area (Å²) in [6.07, 6.45) is 4.13. The Kier molecular flexibility index (Phi) is 2.61. The maximum Gasteiger partial charge on any atom is 0.354 e. The number of furan rings is 1. The van der Waals surface area contributed by atoms with Crippen LogP contribution in [-0.2, 0) is 21.0 Å². The minimum atomic E-state index is -0.878. The fraction of sp³-hybridized carbons (Fsp3) is 0.538. The van der Waals surface area contributed by atoms with Gasteiger partial charge in [0.05, 0.1) is 17.9 Å². The van der Waals surface area contributed by atoms with Crippen LogP contribution in [0.2, 0.25) is 0 Å². The van der Waals surface area contributed by atoms with Crippen LogP contribution in [-0.4, -0.2) is 17.3 Å². The SMILES string of the molecule is CC1=NOC2(C(=O)OCc3ccco3)CCCC12. The fourth-order valence-electron chi connectivity index (χ4n) is 2.78. The van der Waals surface area contributed by atoms with Crippen LogP contribution >= 0.6 is 0 Å². The molecule has 2 atom stereocenters. The van der Waals surface area contributed by atoms with E-state index in [1.807, 2.05) is 6.92 Å². The maximum atomic E-state index is 12.2. The molecular weight excluding hydrogens is 234 g/mol. The van der Waals surface area contributed by atoms with Gasteiger partial charge in [-0.3, -0.25) is 0 Å². The van der Waals surface area contributed by atoms with Gasteiger partial charge in [0.1, 0.15) is 12.4 Å². The van der Waals surface area contributed by atoms with Crippen LogP contribution in [0.4, 0.5) is 0 Å². The summed E-state index contributed by atoms with van der Waals surface area (Å²) >= 11 is 0. The van der Waals surface area contributed by atoms with E-state index in [0.29, 0.717) is 12.2 Å². The van der Waals surface area contributed by atoms with Gasteiger partial charge >= 0.3 is 5.97 Å². The summed E-state index contributed by atoms with van der Waals surface area (Å²) in [4.78, 5) is 17.6. The summed E-state index contributed by atoms with van der Waals surface area (Å²) < 4.78 is 10.4. The largest absolute Gasteiger partial charge is 0.466 e. The number of hydrogen-bond acceptors (Lipinski definition) is 5. The second-order valence-corrected chi connectivity index (χ2v) is 4.81. The molecule has 0 bridgehead atoms. The van der Waals surface area contributed by atoms with Crippen molar-refractivity contribution in [2.24, 2.45) is 11.1 Å². The van der Waals surface area contributed by atoms with E-state index < -0.39 is 5.60 Å².